The molecule has 1 atom stereocenters. The third-order valence-electron chi connectivity index (χ3n) is 5.95. The SMILES string of the molecule is CCCOc1ccc(S(=O)(=O)N2CC3(CC(N(C)Cc4ccccc4)CO3)C2)cc1. The van der Waals surface area contributed by atoms with Crippen LogP contribution in [-0.2, 0) is 21.3 Å². The van der Waals surface area contributed by atoms with Crippen LogP contribution in [0.2, 0.25) is 0 Å². The maximum Gasteiger partial charge on any atom is 0.243 e. The molecule has 0 aromatic heterocycles. The molecule has 2 heterocycles. The first-order valence-electron chi connectivity index (χ1n) is 10.5. The lowest BCUT2D eigenvalue weighted by molar-refractivity contribution is -0.0774. The first-order chi connectivity index (χ1) is 14.4. The third kappa shape index (κ3) is 4.39. The summed E-state index contributed by atoms with van der Waals surface area (Å²) < 4.78 is 39.1. The van der Waals surface area contributed by atoms with Crippen LogP contribution in [0.1, 0.15) is 25.3 Å². The summed E-state index contributed by atoms with van der Waals surface area (Å²) in [7, 11) is -1.40. The van der Waals surface area contributed by atoms with Crippen LogP contribution >= 0.6 is 0 Å². The Morgan fingerprint density at radius 1 is 1.13 bits per heavy atom. The summed E-state index contributed by atoms with van der Waals surface area (Å²) in [5, 5.41) is 0. The number of hydrogen-bond acceptors (Lipinski definition) is 5. The Morgan fingerprint density at radius 2 is 1.83 bits per heavy atom. The number of likely N-dealkylation sites (N-methyl/N-ethyl adjacent to an activating group) is 1. The Labute approximate surface area is 179 Å². The molecule has 2 aliphatic rings. The number of hydrogen-bond donors (Lipinski definition) is 0. The van der Waals surface area contributed by atoms with Crippen molar-refractivity contribution in [3.8, 4) is 5.75 Å². The lowest BCUT2D eigenvalue weighted by Gasteiger charge is -2.46. The molecule has 30 heavy (non-hydrogen) atoms. The highest BCUT2D eigenvalue weighted by molar-refractivity contribution is 7.89. The first kappa shape index (κ1) is 21.3. The van der Waals surface area contributed by atoms with Gasteiger partial charge < -0.3 is 9.47 Å². The molecule has 2 fully saturated rings. The first-order valence-corrected chi connectivity index (χ1v) is 12.0. The number of sulfonamides is 1. The van der Waals surface area contributed by atoms with Crippen LogP contribution in [0.15, 0.2) is 59.5 Å². The highest BCUT2D eigenvalue weighted by Gasteiger charge is 2.54. The van der Waals surface area contributed by atoms with Crippen LogP contribution in [0.3, 0.4) is 0 Å². The van der Waals surface area contributed by atoms with E-state index < -0.39 is 10.0 Å². The van der Waals surface area contributed by atoms with Crippen molar-refractivity contribution in [3.63, 3.8) is 0 Å². The van der Waals surface area contributed by atoms with Gasteiger partial charge in [0.05, 0.1) is 23.7 Å². The summed E-state index contributed by atoms with van der Waals surface area (Å²) >= 11 is 0. The third-order valence-corrected chi connectivity index (χ3v) is 7.76. The Bertz CT molecular complexity index is 941. The van der Waals surface area contributed by atoms with E-state index in [0.717, 1.165) is 19.4 Å². The molecule has 0 N–H and O–H groups in total. The Hall–Kier alpha value is -1.93. The van der Waals surface area contributed by atoms with Crippen LogP contribution in [0, 0.1) is 0 Å². The quantitative estimate of drug-likeness (QED) is 0.644. The van der Waals surface area contributed by atoms with E-state index in [1.165, 1.54) is 9.87 Å². The number of ether oxygens (including phenoxy) is 2. The second kappa shape index (κ2) is 8.67. The van der Waals surface area contributed by atoms with Gasteiger partial charge in [-0.15, -0.1) is 0 Å². The normalized spacial score (nSPS) is 21.1. The molecule has 2 aromatic carbocycles. The minimum Gasteiger partial charge on any atom is -0.494 e. The molecule has 0 saturated carbocycles. The van der Waals surface area contributed by atoms with E-state index in [2.05, 4.69) is 24.1 Å². The van der Waals surface area contributed by atoms with Gasteiger partial charge in [0.15, 0.2) is 0 Å². The molecule has 2 aliphatic heterocycles. The van der Waals surface area contributed by atoms with E-state index >= 15 is 0 Å². The van der Waals surface area contributed by atoms with E-state index in [-0.39, 0.29) is 5.60 Å². The molecule has 0 bridgehead atoms. The van der Waals surface area contributed by atoms with Crippen LogP contribution in [0.5, 0.6) is 5.75 Å². The van der Waals surface area contributed by atoms with E-state index in [9.17, 15) is 8.42 Å². The van der Waals surface area contributed by atoms with Crippen LogP contribution in [-0.4, -0.2) is 62.6 Å². The molecule has 1 unspecified atom stereocenters. The molecule has 0 aliphatic carbocycles. The summed E-state index contributed by atoms with van der Waals surface area (Å²) in [6, 6.07) is 17.3. The van der Waals surface area contributed by atoms with Gasteiger partial charge in [0.1, 0.15) is 5.75 Å². The molecule has 1 spiro atoms. The molecule has 7 heteroatoms. The summed E-state index contributed by atoms with van der Waals surface area (Å²) in [6.45, 7) is 4.99. The highest BCUT2D eigenvalue weighted by atomic mass is 32.2. The van der Waals surface area contributed by atoms with Crippen molar-refractivity contribution >= 4 is 10.0 Å². The number of rotatable bonds is 8. The predicted octanol–water partition coefficient (Wildman–Crippen LogP) is 3.14. The van der Waals surface area contributed by atoms with Crippen molar-refractivity contribution < 1.29 is 17.9 Å². The van der Waals surface area contributed by atoms with Gasteiger partial charge in [0.25, 0.3) is 0 Å². The van der Waals surface area contributed by atoms with Gasteiger partial charge in [-0.05, 0) is 49.7 Å². The largest absolute Gasteiger partial charge is 0.494 e. The smallest absolute Gasteiger partial charge is 0.243 e. The second-order valence-corrected chi connectivity index (χ2v) is 10.3. The lowest BCUT2D eigenvalue weighted by Crippen LogP contribution is -2.63. The van der Waals surface area contributed by atoms with E-state index in [1.807, 2.05) is 25.1 Å². The monoisotopic (exact) mass is 430 g/mol. The molecular formula is C23H30N2O4S. The van der Waals surface area contributed by atoms with E-state index in [0.29, 0.717) is 43.0 Å². The Morgan fingerprint density at radius 3 is 2.50 bits per heavy atom. The highest BCUT2D eigenvalue weighted by Crippen LogP contribution is 2.39. The Kier molecular flexibility index (Phi) is 6.16. The zero-order chi connectivity index (χ0) is 21.2. The predicted molar refractivity (Wildman–Crippen MR) is 116 cm³/mol. The number of nitrogens with zero attached hydrogens (tertiary/aromatic N) is 2. The fourth-order valence-electron chi connectivity index (χ4n) is 4.17. The standard InChI is InChI=1S/C23H30N2O4S/c1-3-13-28-21-9-11-22(12-10-21)30(26,27)25-17-23(18-25)14-20(16-29-23)24(2)15-19-7-5-4-6-8-19/h4-12,20H,3,13-18H2,1-2H3. The number of benzene rings is 2. The van der Waals surface area contributed by atoms with Crippen LogP contribution in [0.25, 0.3) is 0 Å². The van der Waals surface area contributed by atoms with Crippen LogP contribution < -0.4 is 4.74 Å². The van der Waals surface area contributed by atoms with Gasteiger partial charge in [-0.1, -0.05) is 37.3 Å². The fraction of sp³-hybridized carbons (Fsp3) is 0.478. The van der Waals surface area contributed by atoms with Gasteiger partial charge in [-0.2, -0.15) is 4.31 Å². The molecule has 6 nitrogen and oxygen atoms in total. The zero-order valence-corrected chi connectivity index (χ0v) is 18.5. The zero-order valence-electron chi connectivity index (χ0n) is 17.7. The van der Waals surface area contributed by atoms with Gasteiger partial charge >= 0.3 is 0 Å². The van der Waals surface area contributed by atoms with Gasteiger partial charge in [-0.3, -0.25) is 4.90 Å². The van der Waals surface area contributed by atoms with Crippen molar-refractivity contribution in [2.24, 2.45) is 0 Å². The van der Waals surface area contributed by atoms with Crippen molar-refractivity contribution in [2.45, 2.75) is 42.8 Å². The minimum absolute atomic E-state index is 0.296. The van der Waals surface area contributed by atoms with Gasteiger partial charge in [-0.25, -0.2) is 8.42 Å². The molecule has 2 saturated heterocycles. The van der Waals surface area contributed by atoms with Gasteiger partial charge in [0, 0.05) is 25.7 Å². The maximum absolute atomic E-state index is 13.0. The molecule has 4 rings (SSSR count). The van der Waals surface area contributed by atoms with Gasteiger partial charge in [0.2, 0.25) is 10.0 Å². The summed E-state index contributed by atoms with van der Waals surface area (Å²) in [5.74, 6) is 0.694. The molecule has 162 valence electrons. The van der Waals surface area contributed by atoms with E-state index in [4.69, 9.17) is 9.47 Å². The van der Waals surface area contributed by atoms with Crippen molar-refractivity contribution in [3.05, 3.63) is 60.2 Å². The minimum atomic E-state index is -3.51. The maximum atomic E-state index is 13.0. The fourth-order valence-corrected chi connectivity index (χ4v) is 5.76. The van der Waals surface area contributed by atoms with Crippen LogP contribution in [0.4, 0.5) is 0 Å². The molecule has 0 radical (unpaired) electrons. The second-order valence-electron chi connectivity index (χ2n) is 8.35. The Balaban J connectivity index is 1.33. The van der Waals surface area contributed by atoms with Crippen molar-refractivity contribution in [1.29, 1.82) is 0 Å². The average molecular weight is 431 g/mol. The topological polar surface area (TPSA) is 59.1 Å². The van der Waals surface area contributed by atoms with E-state index in [1.54, 1.807) is 24.3 Å². The summed E-state index contributed by atoms with van der Waals surface area (Å²) in [5.41, 5.74) is 0.914. The van der Waals surface area contributed by atoms with Crippen molar-refractivity contribution in [2.75, 3.05) is 33.4 Å². The lowest BCUT2D eigenvalue weighted by atomic mass is 9.91. The summed E-state index contributed by atoms with van der Waals surface area (Å²) in [6.07, 6.45) is 1.77. The molecule has 0 amide bonds. The van der Waals surface area contributed by atoms with Crippen molar-refractivity contribution in [1.82, 2.24) is 9.21 Å². The molecule has 2 aromatic rings. The molecular weight excluding hydrogens is 400 g/mol. The average Bonchev–Trinajstić information content (AvgIpc) is 3.18. The summed E-state index contributed by atoms with van der Waals surface area (Å²) in [4.78, 5) is 2.60.